The highest BCUT2D eigenvalue weighted by Gasteiger charge is 2.10. The lowest BCUT2D eigenvalue weighted by atomic mass is 10.1. The molecular formula is C20H18BrN3O2S. The summed E-state index contributed by atoms with van der Waals surface area (Å²) in [5, 5.41) is 3.44. The molecule has 0 fully saturated rings. The summed E-state index contributed by atoms with van der Waals surface area (Å²) >= 11 is 4.80. The zero-order chi connectivity index (χ0) is 19.2. The molecule has 0 aliphatic carbocycles. The predicted octanol–water partition coefficient (Wildman–Crippen LogP) is 4.45. The number of aromatic amines is 1. The molecule has 0 radical (unpaired) electrons. The largest absolute Gasteiger partial charge is 0.352 e. The Morgan fingerprint density at radius 1 is 1.11 bits per heavy atom. The zero-order valence-corrected chi connectivity index (χ0v) is 17.1. The highest BCUT2D eigenvalue weighted by Crippen LogP contribution is 2.23. The number of benzene rings is 2. The van der Waals surface area contributed by atoms with Crippen molar-refractivity contribution >= 4 is 39.4 Å². The van der Waals surface area contributed by atoms with E-state index in [1.54, 1.807) is 18.3 Å². The van der Waals surface area contributed by atoms with Crippen molar-refractivity contribution in [3.8, 4) is 11.3 Å². The Hall–Kier alpha value is -2.38. The van der Waals surface area contributed by atoms with E-state index in [4.69, 9.17) is 0 Å². The van der Waals surface area contributed by atoms with E-state index in [-0.39, 0.29) is 11.7 Å². The molecule has 0 atom stereocenters. The number of hydrogen-bond acceptors (Lipinski definition) is 4. The van der Waals surface area contributed by atoms with Gasteiger partial charge in [-0.1, -0.05) is 64.1 Å². The summed E-state index contributed by atoms with van der Waals surface area (Å²) in [5.74, 6) is 0.262. The lowest BCUT2D eigenvalue weighted by Gasteiger charge is -2.04. The maximum Gasteiger partial charge on any atom is 0.217 e. The maximum atomic E-state index is 12.4. The number of aromatic nitrogens is 2. The fourth-order valence-corrected chi connectivity index (χ4v) is 3.41. The maximum absolute atomic E-state index is 12.4. The van der Waals surface area contributed by atoms with Crippen LogP contribution in [0.15, 0.2) is 64.4 Å². The fraction of sp³-hybridized carbons (Fsp3) is 0.150. The Bertz CT molecular complexity index is 937. The van der Waals surface area contributed by atoms with Gasteiger partial charge in [-0.15, -0.1) is 0 Å². The number of Topliss-reactive ketones (excluding diaryl/α,β-unsaturated/α-hetero) is 1. The summed E-state index contributed by atoms with van der Waals surface area (Å²) in [4.78, 5) is 30.9. The number of thioether (sulfide) groups is 1. The van der Waals surface area contributed by atoms with Gasteiger partial charge in [-0.3, -0.25) is 9.59 Å². The second-order valence-corrected chi connectivity index (χ2v) is 7.81. The molecular weight excluding hydrogens is 426 g/mol. The zero-order valence-electron chi connectivity index (χ0n) is 14.7. The van der Waals surface area contributed by atoms with Gasteiger partial charge in [-0.2, -0.15) is 0 Å². The minimum atomic E-state index is -0.0764. The molecule has 27 heavy (non-hydrogen) atoms. The van der Waals surface area contributed by atoms with E-state index < -0.39 is 0 Å². The van der Waals surface area contributed by atoms with E-state index in [0.717, 1.165) is 21.3 Å². The first-order valence-electron chi connectivity index (χ1n) is 8.31. The topological polar surface area (TPSA) is 74.8 Å². The number of hydrogen-bond donors (Lipinski definition) is 2. The van der Waals surface area contributed by atoms with Gasteiger partial charge >= 0.3 is 0 Å². The van der Waals surface area contributed by atoms with Crippen molar-refractivity contribution in [2.45, 2.75) is 18.6 Å². The van der Waals surface area contributed by atoms with Gasteiger partial charge in [0.15, 0.2) is 10.9 Å². The lowest BCUT2D eigenvalue weighted by molar-refractivity contribution is -0.119. The Kier molecular flexibility index (Phi) is 6.47. The van der Waals surface area contributed by atoms with E-state index in [1.807, 2.05) is 36.4 Å². The summed E-state index contributed by atoms with van der Waals surface area (Å²) in [7, 11) is 0. The molecule has 3 rings (SSSR count). The molecule has 2 N–H and O–H groups in total. The Balaban J connectivity index is 1.56. The summed E-state index contributed by atoms with van der Waals surface area (Å²) in [5.41, 5.74) is 3.56. The molecule has 0 saturated heterocycles. The molecule has 0 bridgehead atoms. The van der Waals surface area contributed by atoms with E-state index in [2.05, 4.69) is 31.2 Å². The molecule has 5 nitrogen and oxygen atoms in total. The van der Waals surface area contributed by atoms with Gasteiger partial charge in [-0.25, -0.2) is 4.98 Å². The Labute approximate surface area is 170 Å². The SMILES string of the molecule is CC(=O)NCc1ccc(C(=O)CSc2ncc(-c3ccc(Br)cc3)[nH]2)cc1. The van der Waals surface area contributed by atoms with Crippen LogP contribution in [0.4, 0.5) is 0 Å². The first-order chi connectivity index (χ1) is 13.0. The van der Waals surface area contributed by atoms with Crippen molar-refractivity contribution < 1.29 is 9.59 Å². The van der Waals surface area contributed by atoms with Crippen LogP contribution in [-0.4, -0.2) is 27.4 Å². The number of H-pyrrole nitrogens is 1. The number of nitrogens with zero attached hydrogens (tertiary/aromatic N) is 1. The normalized spacial score (nSPS) is 10.6. The van der Waals surface area contributed by atoms with Crippen molar-refractivity contribution in [1.82, 2.24) is 15.3 Å². The molecule has 0 unspecified atom stereocenters. The standard InChI is InChI=1S/C20H18BrN3O2S/c1-13(25)22-10-14-2-4-16(5-3-14)19(26)12-27-20-23-11-18(24-20)15-6-8-17(21)9-7-15/h2-9,11H,10,12H2,1H3,(H,22,25)(H,23,24). The van der Waals surface area contributed by atoms with Gasteiger partial charge < -0.3 is 10.3 Å². The quantitative estimate of drug-likeness (QED) is 0.417. The first kappa shape index (κ1) is 19.4. The molecule has 1 heterocycles. The molecule has 3 aromatic rings. The number of nitrogens with one attached hydrogen (secondary N) is 2. The number of imidazole rings is 1. The monoisotopic (exact) mass is 443 g/mol. The van der Waals surface area contributed by atoms with Gasteiger partial charge in [0.2, 0.25) is 5.91 Å². The van der Waals surface area contributed by atoms with Gasteiger partial charge in [0.05, 0.1) is 17.6 Å². The molecule has 2 aromatic carbocycles. The van der Waals surface area contributed by atoms with Crippen molar-refractivity contribution in [1.29, 1.82) is 0 Å². The first-order valence-corrected chi connectivity index (χ1v) is 10.1. The highest BCUT2D eigenvalue weighted by atomic mass is 79.9. The Morgan fingerprint density at radius 3 is 2.48 bits per heavy atom. The molecule has 0 aliphatic rings. The van der Waals surface area contributed by atoms with Crippen molar-refractivity contribution in [2.24, 2.45) is 0 Å². The summed E-state index contributed by atoms with van der Waals surface area (Å²) in [6.07, 6.45) is 1.77. The molecule has 1 amide bonds. The number of carbonyl (C=O) groups excluding carboxylic acids is 2. The summed E-state index contributed by atoms with van der Waals surface area (Å²) < 4.78 is 1.02. The third-order valence-electron chi connectivity index (χ3n) is 3.87. The second-order valence-electron chi connectivity index (χ2n) is 5.93. The number of carbonyl (C=O) groups is 2. The third-order valence-corrected chi connectivity index (χ3v) is 5.28. The minimum Gasteiger partial charge on any atom is -0.352 e. The molecule has 0 spiro atoms. The van der Waals surface area contributed by atoms with Crippen LogP contribution in [0.3, 0.4) is 0 Å². The average Bonchev–Trinajstić information content (AvgIpc) is 3.14. The number of rotatable bonds is 7. The molecule has 0 aliphatic heterocycles. The Morgan fingerprint density at radius 2 is 1.81 bits per heavy atom. The molecule has 0 saturated carbocycles. The number of amides is 1. The van der Waals surface area contributed by atoms with Crippen LogP contribution in [0.1, 0.15) is 22.8 Å². The van der Waals surface area contributed by atoms with Gasteiger partial charge in [0.1, 0.15) is 0 Å². The third kappa shape index (κ3) is 5.55. The van der Waals surface area contributed by atoms with Crippen molar-refractivity contribution in [3.05, 3.63) is 70.3 Å². The fourth-order valence-electron chi connectivity index (χ4n) is 2.40. The van der Waals surface area contributed by atoms with Gasteiger partial charge in [0, 0.05) is 23.5 Å². The van der Waals surface area contributed by atoms with Crippen LogP contribution < -0.4 is 5.32 Å². The average molecular weight is 444 g/mol. The minimum absolute atomic E-state index is 0.0349. The van der Waals surface area contributed by atoms with Crippen LogP contribution >= 0.6 is 27.7 Å². The van der Waals surface area contributed by atoms with Crippen molar-refractivity contribution in [2.75, 3.05) is 5.75 Å². The predicted molar refractivity (Wildman–Crippen MR) is 111 cm³/mol. The van der Waals surface area contributed by atoms with E-state index in [9.17, 15) is 9.59 Å². The van der Waals surface area contributed by atoms with Crippen molar-refractivity contribution in [3.63, 3.8) is 0 Å². The van der Waals surface area contributed by atoms with Crippen LogP contribution in [0, 0.1) is 0 Å². The van der Waals surface area contributed by atoms with Gasteiger partial charge in [-0.05, 0) is 23.3 Å². The van der Waals surface area contributed by atoms with Crippen LogP contribution in [0.2, 0.25) is 0 Å². The van der Waals surface area contributed by atoms with E-state index >= 15 is 0 Å². The van der Waals surface area contributed by atoms with Crippen LogP contribution in [-0.2, 0) is 11.3 Å². The highest BCUT2D eigenvalue weighted by molar-refractivity contribution is 9.10. The lowest BCUT2D eigenvalue weighted by Crippen LogP contribution is -2.18. The summed E-state index contributed by atoms with van der Waals surface area (Å²) in [6.45, 7) is 1.94. The number of halogens is 1. The van der Waals surface area contributed by atoms with Crippen LogP contribution in [0.25, 0.3) is 11.3 Å². The molecule has 7 heteroatoms. The second kappa shape index (κ2) is 9.01. The van der Waals surface area contributed by atoms with E-state index in [1.165, 1.54) is 18.7 Å². The summed E-state index contributed by atoms with van der Waals surface area (Å²) in [6, 6.07) is 15.2. The van der Waals surface area contributed by atoms with Crippen LogP contribution in [0.5, 0.6) is 0 Å². The molecule has 138 valence electrons. The number of ketones is 1. The smallest absolute Gasteiger partial charge is 0.217 e. The van der Waals surface area contributed by atoms with Gasteiger partial charge in [0.25, 0.3) is 0 Å². The molecule has 1 aromatic heterocycles. The van der Waals surface area contributed by atoms with E-state index in [0.29, 0.717) is 23.0 Å².